The standard InChI is InChI=1S/C14H16BrCl2NO/c15-9-6-7-10(12(17)8-9)14(19)18-13-5-3-1-2-4-11(13)16/h6-8,11,13H,1-5H2,(H,18,19). The first-order chi connectivity index (χ1) is 9.08. The van der Waals surface area contributed by atoms with Gasteiger partial charge in [0, 0.05) is 10.5 Å². The number of rotatable bonds is 2. The van der Waals surface area contributed by atoms with Crippen molar-refractivity contribution in [3.63, 3.8) is 0 Å². The number of benzene rings is 1. The van der Waals surface area contributed by atoms with Crippen molar-refractivity contribution in [1.29, 1.82) is 0 Å². The van der Waals surface area contributed by atoms with E-state index in [1.54, 1.807) is 12.1 Å². The molecular weight excluding hydrogens is 349 g/mol. The summed E-state index contributed by atoms with van der Waals surface area (Å²) >= 11 is 15.7. The Morgan fingerprint density at radius 1 is 1.26 bits per heavy atom. The lowest BCUT2D eigenvalue weighted by Gasteiger charge is -2.21. The van der Waals surface area contributed by atoms with E-state index in [9.17, 15) is 4.79 Å². The molecule has 2 unspecified atom stereocenters. The van der Waals surface area contributed by atoms with Gasteiger partial charge in [-0.25, -0.2) is 0 Å². The van der Waals surface area contributed by atoms with Crippen LogP contribution in [0.25, 0.3) is 0 Å². The highest BCUT2D eigenvalue weighted by Gasteiger charge is 2.24. The van der Waals surface area contributed by atoms with E-state index in [0.717, 1.165) is 30.2 Å². The average Bonchev–Trinajstić information content (AvgIpc) is 2.55. The third kappa shape index (κ3) is 4.11. The Morgan fingerprint density at radius 3 is 2.74 bits per heavy atom. The lowest BCUT2D eigenvalue weighted by molar-refractivity contribution is 0.0934. The summed E-state index contributed by atoms with van der Waals surface area (Å²) in [6, 6.07) is 5.30. The first kappa shape index (κ1) is 15.1. The molecule has 0 spiro atoms. The lowest BCUT2D eigenvalue weighted by atomic mass is 10.1. The number of alkyl halides is 1. The van der Waals surface area contributed by atoms with Crippen LogP contribution in [0.15, 0.2) is 22.7 Å². The van der Waals surface area contributed by atoms with E-state index in [4.69, 9.17) is 23.2 Å². The number of hydrogen-bond acceptors (Lipinski definition) is 1. The molecule has 1 aliphatic carbocycles. The third-order valence-electron chi connectivity index (χ3n) is 3.42. The predicted molar refractivity (Wildman–Crippen MR) is 83.1 cm³/mol. The van der Waals surface area contributed by atoms with Gasteiger partial charge < -0.3 is 5.32 Å². The molecule has 1 N–H and O–H groups in total. The Bertz CT molecular complexity index is 467. The Balaban J connectivity index is 2.07. The minimum atomic E-state index is -0.143. The van der Waals surface area contributed by atoms with Crippen LogP contribution in [0.5, 0.6) is 0 Å². The van der Waals surface area contributed by atoms with E-state index in [1.807, 2.05) is 6.07 Å². The van der Waals surface area contributed by atoms with Crippen molar-refractivity contribution in [2.24, 2.45) is 0 Å². The number of carbonyl (C=O) groups excluding carboxylic acids is 1. The largest absolute Gasteiger partial charge is 0.348 e. The zero-order valence-corrected chi connectivity index (χ0v) is 13.6. The van der Waals surface area contributed by atoms with Crippen LogP contribution in [0.4, 0.5) is 0 Å². The van der Waals surface area contributed by atoms with Crippen LogP contribution in [0.2, 0.25) is 5.02 Å². The number of halogens is 3. The Hall–Kier alpha value is -0.250. The Morgan fingerprint density at radius 2 is 2.00 bits per heavy atom. The highest BCUT2D eigenvalue weighted by Crippen LogP contribution is 2.24. The van der Waals surface area contributed by atoms with E-state index in [1.165, 1.54) is 6.42 Å². The van der Waals surface area contributed by atoms with Crippen molar-refractivity contribution in [1.82, 2.24) is 5.32 Å². The van der Waals surface area contributed by atoms with Crippen LogP contribution in [-0.2, 0) is 0 Å². The zero-order chi connectivity index (χ0) is 13.8. The van der Waals surface area contributed by atoms with Gasteiger partial charge in [0.25, 0.3) is 5.91 Å². The normalized spacial score (nSPS) is 23.7. The second kappa shape index (κ2) is 6.96. The summed E-state index contributed by atoms with van der Waals surface area (Å²) in [5, 5.41) is 3.48. The van der Waals surface area contributed by atoms with Gasteiger partial charge in [-0.3, -0.25) is 4.79 Å². The summed E-state index contributed by atoms with van der Waals surface area (Å²) in [4.78, 5) is 12.2. The minimum Gasteiger partial charge on any atom is -0.348 e. The molecule has 2 atom stereocenters. The maximum atomic E-state index is 12.2. The van der Waals surface area contributed by atoms with Crippen molar-refractivity contribution in [2.75, 3.05) is 0 Å². The average molecular weight is 365 g/mol. The predicted octanol–water partition coefficient (Wildman–Crippen LogP) is 4.77. The van der Waals surface area contributed by atoms with Gasteiger partial charge in [0.05, 0.1) is 16.0 Å². The van der Waals surface area contributed by atoms with Crippen LogP contribution in [0.1, 0.15) is 42.5 Å². The van der Waals surface area contributed by atoms with E-state index in [0.29, 0.717) is 10.6 Å². The SMILES string of the molecule is O=C(NC1CCCCCC1Cl)c1ccc(Br)cc1Cl. The molecule has 1 amide bonds. The maximum Gasteiger partial charge on any atom is 0.253 e. The van der Waals surface area contributed by atoms with Gasteiger partial charge in [-0.05, 0) is 31.0 Å². The molecular formula is C14H16BrCl2NO. The van der Waals surface area contributed by atoms with Gasteiger partial charge in [-0.1, -0.05) is 46.8 Å². The van der Waals surface area contributed by atoms with Gasteiger partial charge in [-0.2, -0.15) is 0 Å². The molecule has 1 aliphatic rings. The molecule has 0 radical (unpaired) electrons. The van der Waals surface area contributed by atoms with Crippen LogP contribution >= 0.6 is 39.1 Å². The van der Waals surface area contributed by atoms with E-state index >= 15 is 0 Å². The van der Waals surface area contributed by atoms with Crippen molar-refractivity contribution >= 4 is 45.0 Å². The van der Waals surface area contributed by atoms with Gasteiger partial charge >= 0.3 is 0 Å². The number of nitrogens with one attached hydrogen (secondary N) is 1. The molecule has 0 aromatic heterocycles. The number of carbonyl (C=O) groups is 1. The molecule has 2 rings (SSSR count). The molecule has 104 valence electrons. The number of hydrogen-bond donors (Lipinski definition) is 1. The Kier molecular flexibility index (Phi) is 5.55. The topological polar surface area (TPSA) is 29.1 Å². The van der Waals surface area contributed by atoms with Crippen molar-refractivity contribution in [2.45, 2.75) is 43.5 Å². The molecule has 0 saturated heterocycles. The lowest BCUT2D eigenvalue weighted by Crippen LogP contribution is -2.40. The summed E-state index contributed by atoms with van der Waals surface area (Å²) in [5.74, 6) is -0.143. The van der Waals surface area contributed by atoms with E-state index in [2.05, 4.69) is 21.2 Å². The molecule has 2 nitrogen and oxygen atoms in total. The smallest absolute Gasteiger partial charge is 0.253 e. The van der Waals surface area contributed by atoms with Crippen LogP contribution < -0.4 is 5.32 Å². The van der Waals surface area contributed by atoms with Crippen LogP contribution in [-0.4, -0.2) is 17.3 Å². The fourth-order valence-electron chi connectivity index (χ4n) is 2.34. The summed E-state index contributed by atoms with van der Waals surface area (Å²) in [7, 11) is 0. The summed E-state index contributed by atoms with van der Waals surface area (Å²) in [6.45, 7) is 0. The zero-order valence-electron chi connectivity index (χ0n) is 10.5. The minimum absolute atomic E-state index is 0.0145. The van der Waals surface area contributed by atoms with Gasteiger partial charge in [0.1, 0.15) is 0 Å². The molecule has 19 heavy (non-hydrogen) atoms. The molecule has 1 saturated carbocycles. The molecule has 0 bridgehead atoms. The summed E-state index contributed by atoms with van der Waals surface area (Å²) < 4.78 is 0.860. The summed E-state index contributed by atoms with van der Waals surface area (Å²) in [6.07, 6.45) is 5.34. The molecule has 0 heterocycles. The highest BCUT2D eigenvalue weighted by atomic mass is 79.9. The summed E-state index contributed by atoms with van der Waals surface area (Å²) in [5.41, 5.74) is 0.498. The fraction of sp³-hybridized carbons (Fsp3) is 0.500. The fourth-order valence-corrected chi connectivity index (χ4v) is 3.45. The van der Waals surface area contributed by atoms with Crippen molar-refractivity contribution in [3.05, 3.63) is 33.3 Å². The Labute approximate surface area is 132 Å². The molecule has 0 aliphatic heterocycles. The van der Waals surface area contributed by atoms with E-state index in [-0.39, 0.29) is 17.3 Å². The molecule has 1 aromatic rings. The van der Waals surface area contributed by atoms with Crippen LogP contribution in [0.3, 0.4) is 0 Å². The number of amides is 1. The first-order valence-electron chi connectivity index (χ1n) is 6.48. The first-order valence-corrected chi connectivity index (χ1v) is 8.08. The second-order valence-electron chi connectivity index (χ2n) is 4.86. The third-order valence-corrected chi connectivity index (χ3v) is 4.75. The monoisotopic (exact) mass is 363 g/mol. The highest BCUT2D eigenvalue weighted by molar-refractivity contribution is 9.10. The second-order valence-corrected chi connectivity index (χ2v) is 6.74. The van der Waals surface area contributed by atoms with Gasteiger partial charge in [0.2, 0.25) is 0 Å². The molecule has 5 heteroatoms. The van der Waals surface area contributed by atoms with Crippen molar-refractivity contribution < 1.29 is 4.79 Å². The molecule has 1 fully saturated rings. The van der Waals surface area contributed by atoms with Crippen molar-refractivity contribution in [3.8, 4) is 0 Å². The van der Waals surface area contributed by atoms with Gasteiger partial charge in [-0.15, -0.1) is 11.6 Å². The quantitative estimate of drug-likeness (QED) is 0.594. The van der Waals surface area contributed by atoms with Gasteiger partial charge in [0.15, 0.2) is 0 Å². The van der Waals surface area contributed by atoms with E-state index < -0.39 is 0 Å². The molecule has 1 aromatic carbocycles. The van der Waals surface area contributed by atoms with Crippen LogP contribution in [0, 0.1) is 0 Å². The maximum absolute atomic E-state index is 12.2.